The van der Waals surface area contributed by atoms with Crippen molar-refractivity contribution in [3.05, 3.63) is 80.2 Å². The number of imidazole rings is 1. The second-order valence-electron chi connectivity index (χ2n) is 6.75. The number of nitrogens with one attached hydrogen (secondary N) is 2. The first-order valence-electron chi connectivity index (χ1n) is 9.08. The molecule has 0 aliphatic rings. The molecular formula is C20H17FN6O4. The molecule has 0 bridgehead atoms. The SMILES string of the molecule is Cn1c(=O)[nH]c(=O)c2c1nc(N/N=C\c1ccc(O)cc1O)n2Cc1ccc(F)cc1. The lowest BCUT2D eigenvalue weighted by molar-refractivity contribution is 0.450. The average molecular weight is 424 g/mol. The number of hydrogen-bond acceptors (Lipinski definition) is 7. The molecule has 0 atom stereocenters. The maximum Gasteiger partial charge on any atom is 0.329 e. The number of hydrogen-bond donors (Lipinski definition) is 4. The summed E-state index contributed by atoms with van der Waals surface area (Å²) in [4.78, 5) is 31.0. The molecule has 4 rings (SSSR count). The van der Waals surface area contributed by atoms with Crippen molar-refractivity contribution in [2.24, 2.45) is 12.1 Å². The summed E-state index contributed by atoms with van der Waals surface area (Å²) in [5.41, 5.74) is 2.76. The van der Waals surface area contributed by atoms with Crippen LogP contribution in [0.15, 0.2) is 57.2 Å². The Labute approximate surface area is 173 Å². The van der Waals surface area contributed by atoms with Gasteiger partial charge in [-0.1, -0.05) is 12.1 Å². The van der Waals surface area contributed by atoms with Gasteiger partial charge >= 0.3 is 5.69 Å². The highest BCUT2D eigenvalue weighted by atomic mass is 19.1. The van der Waals surface area contributed by atoms with Crippen molar-refractivity contribution in [2.75, 3.05) is 5.43 Å². The largest absolute Gasteiger partial charge is 0.508 e. The van der Waals surface area contributed by atoms with Crippen LogP contribution >= 0.6 is 0 Å². The molecule has 0 radical (unpaired) electrons. The molecule has 4 N–H and O–H groups in total. The van der Waals surface area contributed by atoms with E-state index in [1.165, 1.54) is 52.7 Å². The summed E-state index contributed by atoms with van der Waals surface area (Å²) >= 11 is 0. The third-order valence-corrected chi connectivity index (χ3v) is 4.64. The van der Waals surface area contributed by atoms with Gasteiger partial charge in [-0.15, -0.1) is 0 Å². The molecule has 2 aromatic carbocycles. The third-order valence-electron chi connectivity index (χ3n) is 4.64. The molecule has 0 fully saturated rings. The normalized spacial score (nSPS) is 11.4. The van der Waals surface area contributed by atoms with Gasteiger partial charge in [-0.2, -0.15) is 10.1 Å². The van der Waals surface area contributed by atoms with E-state index in [4.69, 9.17) is 0 Å². The highest BCUT2D eigenvalue weighted by molar-refractivity contribution is 5.84. The highest BCUT2D eigenvalue weighted by Gasteiger charge is 2.17. The zero-order chi connectivity index (χ0) is 22.1. The lowest BCUT2D eigenvalue weighted by atomic mass is 10.2. The van der Waals surface area contributed by atoms with Crippen LogP contribution in [0.3, 0.4) is 0 Å². The van der Waals surface area contributed by atoms with E-state index in [1.54, 1.807) is 12.1 Å². The van der Waals surface area contributed by atoms with E-state index in [0.717, 1.165) is 0 Å². The predicted molar refractivity (Wildman–Crippen MR) is 112 cm³/mol. The number of hydrazone groups is 1. The Bertz CT molecular complexity index is 1420. The maximum atomic E-state index is 13.3. The summed E-state index contributed by atoms with van der Waals surface area (Å²) in [6.45, 7) is 0.153. The molecule has 2 aromatic heterocycles. The monoisotopic (exact) mass is 424 g/mol. The molecule has 4 aromatic rings. The van der Waals surface area contributed by atoms with Crippen LogP contribution < -0.4 is 16.7 Å². The molecular weight excluding hydrogens is 407 g/mol. The van der Waals surface area contributed by atoms with Gasteiger partial charge in [0.25, 0.3) is 5.56 Å². The lowest BCUT2D eigenvalue weighted by Crippen LogP contribution is -2.29. The van der Waals surface area contributed by atoms with E-state index < -0.39 is 17.1 Å². The van der Waals surface area contributed by atoms with Gasteiger partial charge in [0.2, 0.25) is 5.95 Å². The number of benzene rings is 2. The summed E-state index contributed by atoms with van der Waals surface area (Å²) in [7, 11) is 1.47. The van der Waals surface area contributed by atoms with E-state index in [-0.39, 0.29) is 35.2 Å². The summed E-state index contributed by atoms with van der Waals surface area (Å²) in [6, 6.07) is 9.75. The number of rotatable bonds is 5. The summed E-state index contributed by atoms with van der Waals surface area (Å²) in [5, 5.41) is 23.3. The number of phenols is 2. The number of aromatic nitrogens is 4. The fourth-order valence-electron chi connectivity index (χ4n) is 3.05. The van der Waals surface area contributed by atoms with Crippen molar-refractivity contribution in [2.45, 2.75) is 6.54 Å². The molecule has 0 spiro atoms. The van der Waals surface area contributed by atoms with Crippen molar-refractivity contribution >= 4 is 23.3 Å². The Balaban J connectivity index is 1.77. The van der Waals surface area contributed by atoms with Crippen molar-refractivity contribution < 1.29 is 14.6 Å². The van der Waals surface area contributed by atoms with Gasteiger partial charge in [-0.25, -0.2) is 14.6 Å². The van der Waals surface area contributed by atoms with Crippen molar-refractivity contribution in [3.63, 3.8) is 0 Å². The van der Waals surface area contributed by atoms with Gasteiger partial charge in [0, 0.05) is 18.7 Å². The zero-order valence-electron chi connectivity index (χ0n) is 16.2. The molecule has 0 unspecified atom stereocenters. The number of phenolic OH excluding ortho intramolecular Hbond substituents is 2. The molecule has 0 saturated carbocycles. The number of aryl methyl sites for hydroxylation is 1. The lowest BCUT2D eigenvalue weighted by Gasteiger charge is -2.08. The van der Waals surface area contributed by atoms with E-state index >= 15 is 0 Å². The highest BCUT2D eigenvalue weighted by Crippen LogP contribution is 2.21. The Hall–Kier alpha value is -4.41. The van der Waals surface area contributed by atoms with Gasteiger partial charge in [0.05, 0.1) is 12.8 Å². The summed E-state index contributed by atoms with van der Waals surface area (Å²) in [5.74, 6) is -0.510. The fraction of sp³-hybridized carbons (Fsp3) is 0.100. The van der Waals surface area contributed by atoms with Crippen LogP contribution in [0.25, 0.3) is 11.2 Å². The van der Waals surface area contributed by atoms with Crippen LogP contribution in [0, 0.1) is 5.82 Å². The van der Waals surface area contributed by atoms with E-state index in [9.17, 15) is 24.2 Å². The topological polar surface area (TPSA) is 138 Å². The number of aromatic hydroxyl groups is 2. The summed E-state index contributed by atoms with van der Waals surface area (Å²) in [6.07, 6.45) is 1.31. The number of aromatic amines is 1. The molecule has 158 valence electrons. The molecule has 0 amide bonds. The van der Waals surface area contributed by atoms with Gasteiger partial charge in [0.1, 0.15) is 17.3 Å². The van der Waals surface area contributed by atoms with Gasteiger partial charge in [0.15, 0.2) is 11.2 Å². The number of H-pyrrole nitrogens is 1. The predicted octanol–water partition coefficient (Wildman–Crippen LogP) is 1.47. The van der Waals surface area contributed by atoms with Gasteiger partial charge in [-0.05, 0) is 29.8 Å². The maximum absolute atomic E-state index is 13.3. The Morgan fingerprint density at radius 3 is 2.65 bits per heavy atom. The first-order chi connectivity index (χ1) is 14.8. The molecule has 0 aliphatic carbocycles. The molecule has 2 heterocycles. The standard InChI is InChI=1S/C20H17FN6O4/c1-26-17-16(18(30)24-20(26)31)27(10-11-2-5-13(21)6-3-11)19(23-17)25-22-9-12-4-7-14(28)8-15(12)29/h2-9,28-29H,10H2,1H3,(H,23,25)(H,24,30,31)/b22-9-. The van der Waals surface area contributed by atoms with Crippen LogP contribution in [0.2, 0.25) is 0 Å². The first-order valence-corrected chi connectivity index (χ1v) is 9.08. The number of anilines is 1. The minimum Gasteiger partial charge on any atom is -0.508 e. The zero-order valence-corrected chi connectivity index (χ0v) is 16.2. The smallest absolute Gasteiger partial charge is 0.329 e. The van der Waals surface area contributed by atoms with Crippen LogP contribution in [0.5, 0.6) is 11.5 Å². The first kappa shape index (κ1) is 19.9. The third kappa shape index (κ3) is 3.88. The Kier molecular flexibility index (Phi) is 4.99. The second kappa shape index (κ2) is 7.78. The minimum absolute atomic E-state index is 0.0937. The van der Waals surface area contributed by atoms with Crippen LogP contribution in [0.1, 0.15) is 11.1 Å². The fourth-order valence-corrected chi connectivity index (χ4v) is 3.05. The van der Waals surface area contributed by atoms with E-state index in [1.807, 2.05) is 0 Å². The van der Waals surface area contributed by atoms with Crippen LogP contribution in [-0.2, 0) is 13.6 Å². The molecule has 10 nitrogen and oxygen atoms in total. The quantitative estimate of drug-likeness (QED) is 0.283. The van der Waals surface area contributed by atoms with Crippen molar-refractivity contribution in [3.8, 4) is 11.5 Å². The van der Waals surface area contributed by atoms with Crippen molar-refractivity contribution in [1.82, 2.24) is 19.1 Å². The molecule has 0 saturated heterocycles. The van der Waals surface area contributed by atoms with E-state index in [0.29, 0.717) is 11.1 Å². The van der Waals surface area contributed by atoms with Crippen molar-refractivity contribution in [1.29, 1.82) is 0 Å². The number of halogens is 1. The van der Waals surface area contributed by atoms with Crippen LogP contribution in [0.4, 0.5) is 10.3 Å². The van der Waals surface area contributed by atoms with Gasteiger partial charge in [-0.3, -0.25) is 18.9 Å². The average Bonchev–Trinajstić information content (AvgIpc) is 3.08. The minimum atomic E-state index is -0.624. The molecule has 31 heavy (non-hydrogen) atoms. The molecule has 11 heteroatoms. The Morgan fingerprint density at radius 2 is 1.94 bits per heavy atom. The second-order valence-corrected chi connectivity index (χ2v) is 6.75. The van der Waals surface area contributed by atoms with Gasteiger partial charge < -0.3 is 10.2 Å². The number of fused-ring (bicyclic) bond motifs is 1. The van der Waals surface area contributed by atoms with E-state index in [2.05, 4.69) is 20.5 Å². The number of nitrogens with zero attached hydrogens (tertiary/aromatic N) is 4. The van der Waals surface area contributed by atoms with Crippen LogP contribution in [-0.4, -0.2) is 35.5 Å². The Morgan fingerprint density at radius 1 is 1.19 bits per heavy atom. The summed E-state index contributed by atoms with van der Waals surface area (Å²) < 4.78 is 16.0. The molecule has 0 aliphatic heterocycles.